The molecular formula is C33H47NO3. The van der Waals surface area contributed by atoms with E-state index in [2.05, 4.69) is 61.1 Å². The Hall–Kier alpha value is -1.89. The van der Waals surface area contributed by atoms with Crippen LogP contribution in [0.25, 0.3) is 0 Å². The van der Waals surface area contributed by atoms with E-state index in [0.717, 1.165) is 51.4 Å². The smallest absolute Gasteiger partial charge is 0.310 e. The third-order valence-electron chi connectivity index (χ3n) is 13.3. The maximum absolute atomic E-state index is 13.3. The lowest BCUT2D eigenvalue weighted by Gasteiger charge is -2.71. The standard InChI is InChI=1S/C33H47NO3/c1-9-20-16-24-30(6)17-21(19-34)26(35)29(4,5)23(30)10-11-31(24,7)32(8)13-15-33(27(36)37)14-12-28(2,3)18-22(33)25(20)32/h9,21-24H,1,10-18H2,2-8H3,(H,36,37). The van der Waals surface area contributed by atoms with Crippen molar-refractivity contribution in [1.29, 1.82) is 5.26 Å². The molecule has 202 valence electrons. The highest BCUT2D eigenvalue weighted by Gasteiger charge is 2.70. The number of fused-ring (bicyclic) bond motifs is 7. The summed E-state index contributed by atoms with van der Waals surface area (Å²) in [6.07, 6.45) is 9.86. The van der Waals surface area contributed by atoms with E-state index in [9.17, 15) is 20.0 Å². The van der Waals surface area contributed by atoms with Crippen LogP contribution in [0.4, 0.5) is 0 Å². The molecule has 4 heteroatoms. The monoisotopic (exact) mass is 505 g/mol. The summed E-state index contributed by atoms with van der Waals surface area (Å²) in [5, 5.41) is 20.6. The highest BCUT2D eigenvalue weighted by Crippen LogP contribution is 2.76. The number of carboxylic acid groups (broad SMARTS) is 1. The number of hydrogen-bond acceptors (Lipinski definition) is 3. The molecule has 0 aromatic rings. The molecule has 5 rings (SSSR count). The molecule has 1 N–H and O–H groups in total. The fourth-order valence-corrected chi connectivity index (χ4v) is 11.1. The maximum Gasteiger partial charge on any atom is 0.310 e. The van der Waals surface area contributed by atoms with Crippen LogP contribution < -0.4 is 0 Å². The van der Waals surface area contributed by atoms with Crippen LogP contribution >= 0.6 is 0 Å². The average molecular weight is 506 g/mol. The van der Waals surface area contributed by atoms with Crippen molar-refractivity contribution in [2.24, 2.45) is 56.2 Å². The van der Waals surface area contributed by atoms with Gasteiger partial charge in [0, 0.05) is 5.41 Å². The van der Waals surface area contributed by atoms with Gasteiger partial charge in [-0.15, -0.1) is 0 Å². The molecule has 0 aromatic carbocycles. The molecule has 0 amide bonds. The van der Waals surface area contributed by atoms with Crippen LogP contribution in [-0.4, -0.2) is 16.9 Å². The summed E-state index contributed by atoms with van der Waals surface area (Å²) in [5.74, 6) is -0.413. The van der Waals surface area contributed by atoms with Crippen LogP contribution in [0.2, 0.25) is 0 Å². The summed E-state index contributed by atoms with van der Waals surface area (Å²) < 4.78 is 0. The number of nitriles is 1. The van der Waals surface area contributed by atoms with E-state index in [4.69, 9.17) is 0 Å². The summed E-state index contributed by atoms with van der Waals surface area (Å²) in [4.78, 5) is 26.3. The molecule has 0 aliphatic heterocycles. The van der Waals surface area contributed by atoms with Crippen LogP contribution in [0, 0.1) is 67.5 Å². The number of nitrogens with zero attached hydrogens (tertiary/aromatic N) is 1. The van der Waals surface area contributed by atoms with Crippen LogP contribution in [-0.2, 0) is 9.59 Å². The van der Waals surface area contributed by atoms with Crippen LogP contribution in [0.3, 0.4) is 0 Å². The third kappa shape index (κ3) is 3.18. The maximum atomic E-state index is 13.3. The quantitative estimate of drug-likeness (QED) is 0.416. The Labute approximate surface area is 224 Å². The largest absolute Gasteiger partial charge is 0.481 e. The first-order valence-electron chi connectivity index (χ1n) is 14.6. The van der Waals surface area contributed by atoms with Gasteiger partial charge in [-0.2, -0.15) is 5.26 Å². The van der Waals surface area contributed by atoms with Gasteiger partial charge in [-0.25, -0.2) is 0 Å². The predicted molar refractivity (Wildman–Crippen MR) is 145 cm³/mol. The summed E-state index contributed by atoms with van der Waals surface area (Å²) in [7, 11) is 0. The summed E-state index contributed by atoms with van der Waals surface area (Å²) >= 11 is 0. The van der Waals surface area contributed by atoms with Crippen molar-refractivity contribution in [3.8, 4) is 6.07 Å². The van der Waals surface area contributed by atoms with Crippen molar-refractivity contribution in [2.45, 2.75) is 106 Å². The molecule has 37 heavy (non-hydrogen) atoms. The van der Waals surface area contributed by atoms with Gasteiger partial charge in [0.15, 0.2) is 5.78 Å². The first-order valence-corrected chi connectivity index (χ1v) is 14.6. The second-order valence-corrected chi connectivity index (χ2v) is 15.6. The van der Waals surface area contributed by atoms with E-state index < -0.39 is 22.7 Å². The number of aliphatic carboxylic acids is 1. The highest BCUT2D eigenvalue weighted by atomic mass is 16.4. The van der Waals surface area contributed by atoms with Gasteiger partial charge >= 0.3 is 5.97 Å². The van der Waals surface area contributed by atoms with Gasteiger partial charge in [-0.1, -0.05) is 66.7 Å². The van der Waals surface area contributed by atoms with E-state index >= 15 is 0 Å². The molecule has 0 saturated heterocycles. The summed E-state index contributed by atoms with van der Waals surface area (Å²) in [6, 6.07) is 2.38. The van der Waals surface area contributed by atoms with E-state index in [1.807, 2.05) is 6.08 Å². The number of hydrogen-bond donors (Lipinski definition) is 1. The Bertz CT molecular complexity index is 1140. The number of ketones is 1. The number of Topliss-reactive ketones (excluding diaryl/α,β-unsaturated/α-hetero) is 1. The molecule has 0 radical (unpaired) electrons. The number of rotatable bonds is 2. The Balaban J connectivity index is 1.70. The molecule has 8 atom stereocenters. The molecule has 8 unspecified atom stereocenters. The highest BCUT2D eigenvalue weighted by molar-refractivity contribution is 5.89. The number of allylic oxidation sites excluding steroid dienone is 3. The lowest BCUT2D eigenvalue weighted by atomic mass is 9.32. The van der Waals surface area contributed by atoms with Crippen molar-refractivity contribution < 1.29 is 14.7 Å². The third-order valence-corrected chi connectivity index (χ3v) is 13.3. The zero-order chi connectivity index (χ0) is 27.4. The van der Waals surface area contributed by atoms with E-state index in [1.54, 1.807) is 0 Å². The second-order valence-electron chi connectivity index (χ2n) is 15.6. The molecule has 0 heterocycles. The van der Waals surface area contributed by atoms with E-state index in [1.165, 1.54) is 11.1 Å². The molecule has 4 saturated carbocycles. The minimum Gasteiger partial charge on any atom is -0.481 e. The topological polar surface area (TPSA) is 78.2 Å². The van der Waals surface area contributed by atoms with Gasteiger partial charge in [-0.3, -0.25) is 9.59 Å². The Morgan fingerprint density at radius 1 is 1.00 bits per heavy atom. The Kier molecular flexibility index (Phi) is 5.65. The first kappa shape index (κ1) is 26.7. The molecule has 5 aliphatic rings. The molecule has 4 nitrogen and oxygen atoms in total. The lowest BCUT2D eigenvalue weighted by Crippen LogP contribution is -2.66. The fourth-order valence-electron chi connectivity index (χ4n) is 11.1. The summed E-state index contributed by atoms with van der Waals surface area (Å²) in [6.45, 7) is 20.4. The van der Waals surface area contributed by atoms with Gasteiger partial charge < -0.3 is 5.11 Å². The minimum atomic E-state index is -0.673. The lowest BCUT2D eigenvalue weighted by molar-refractivity contribution is -0.193. The fraction of sp³-hybridized carbons (Fsp3) is 0.788. The van der Waals surface area contributed by atoms with Gasteiger partial charge in [0.2, 0.25) is 0 Å². The summed E-state index contributed by atoms with van der Waals surface area (Å²) in [5.41, 5.74) is 1.36. The van der Waals surface area contributed by atoms with Crippen molar-refractivity contribution in [3.63, 3.8) is 0 Å². The van der Waals surface area contributed by atoms with Gasteiger partial charge in [0.05, 0.1) is 11.5 Å². The van der Waals surface area contributed by atoms with Crippen LogP contribution in [0.15, 0.2) is 23.8 Å². The van der Waals surface area contributed by atoms with Crippen LogP contribution in [0.1, 0.15) is 106 Å². The zero-order valence-electron chi connectivity index (χ0n) is 24.2. The number of carbonyl (C=O) groups is 2. The van der Waals surface area contributed by atoms with Crippen molar-refractivity contribution in [2.75, 3.05) is 0 Å². The normalized spacial score (nSPS) is 48.0. The van der Waals surface area contributed by atoms with Crippen molar-refractivity contribution >= 4 is 11.8 Å². The predicted octanol–water partition coefficient (Wildman–Crippen LogP) is 7.75. The molecule has 5 aliphatic carbocycles. The molecular weight excluding hydrogens is 458 g/mol. The number of carboxylic acids is 1. The van der Waals surface area contributed by atoms with Gasteiger partial charge in [0.25, 0.3) is 0 Å². The van der Waals surface area contributed by atoms with Crippen molar-refractivity contribution in [3.05, 3.63) is 23.8 Å². The second kappa shape index (κ2) is 7.83. The zero-order valence-corrected chi connectivity index (χ0v) is 24.2. The van der Waals surface area contributed by atoms with Crippen molar-refractivity contribution in [1.82, 2.24) is 0 Å². The number of carbonyl (C=O) groups excluding carboxylic acids is 1. The molecule has 4 fully saturated rings. The average Bonchev–Trinajstić information content (AvgIpc) is 2.81. The van der Waals surface area contributed by atoms with E-state index in [0.29, 0.717) is 12.3 Å². The molecule has 0 aromatic heterocycles. The molecule has 0 spiro atoms. The Morgan fingerprint density at radius 2 is 1.65 bits per heavy atom. The first-order chi connectivity index (χ1) is 17.0. The molecule has 0 bridgehead atoms. The Morgan fingerprint density at radius 3 is 2.24 bits per heavy atom. The van der Waals surface area contributed by atoms with Gasteiger partial charge in [-0.05, 0) is 103 Å². The minimum absolute atomic E-state index is 0.0111. The SMILES string of the molecule is C=CC1=C2C3CC(C)(C)CCC3(C(=O)O)CCC2(C)C2(C)CCC3C(C)(C)C(=O)C(C#N)CC3(C)C2C1. The van der Waals surface area contributed by atoms with Gasteiger partial charge in [0.1, 0.15) is 5.92 Å². The van der Waals surface area contributed by atoms with Crippen LogP contribution in [0.5, 0.6) is 0 Å². The van der Waals surface area contributed by atoms with E-state index in [-0.39, 0.29) is 39.3 Å².